The summed E-state index contributed by atoms with van der Waals surface area (Å²) in [6.45, 7) is 10.5. The number of imide groups is 1. The first-order valence-electron chi connectivity index (χ1n) is 26.0. The molecule has 3 atom stereocenters. The summed E-state index contributed by atoms with van der Waals surface area (Å²) in [4.78, 5) is 78.6. The Balaban J connectivity index is 0.681. The lowest BCUT2D eigenvalue weighted by Crippen LogP contribution is -2.53. The third kappa shape index (κ3) is 9.16. The highest BCUT2D eigenvalue weighted by Crippen LogP contribution is 2.38. The van der Waals surface area contributed by atoms with Crippen molar-refractivity contribution in [3.8, 4) is 5.69 Å². The molecule has 2 N–H and O–H groups in total. The van der Waals surface area contributed by atoms with Crippen molar-refractivity contribution in [3.05, 3.63) is 128 Å². The smallest absolute Gasteiger partial charge is 0.330 e. The fourth-order valence-corrected chi connectivity index (χ4v) is 12.1. The minimum atomic E-state index is -0.756. The van der Waals surface area contributed by atoms with Crippen molar-refractivity contribution in [3.63, 3.8) is 0 Å². The SMILES string of the molecule is CNc1cc(=O)n(-c2ccnc3c2cc([C@H](C)N2CC=C(c4c(F)cc(C(=O)N5CCC(CN6CCN(Cc7ccc8c(c7)n(C7CC7)c(=O)n8[C@@H]7CCC(=O)NC7=O)C[C@@H]6C)CC5)cc4F)CC2)n3C)cc1F. The molecule has 16 nitrogen and oxygen atoms in total. The fourth-order valence-electron chi connectivity index (χ4n) is 12.1. The Morgan fingerprint density at radius 1 is 0.865 bits per heavy atom. The van der Waals surface area contributed by atoms with Gasteiger partial charge in [0.2, 0.25) is 11.8 Å². The number of amides is 3. The molecule has 4 fully saturated rings. The van der Waals surface area contributed by atoms with E-state index in [0.717, 1.165) is 80.7 Å². The first kappa shape index (κ1) is 49.4. The number of imidazole rings is 1. The number of fused-ring (bicyclic) bond motifs is 2. The summed E-state index contributed by atoms with van der Waals surface area (Å²) in [6.07, 6.45) is 8.94. The highest BCUT2D eigenvalue weighted by atomic mass is 19.1. The fraction of sp³-hybridized carbons (Fsp3) is 0.455. The molecule has 1 aliphatic carbocycles. The van der Waals surface area contributed by atoms with Crippen LogP contribution in [0.5, 0.6) is 0 Å². The average Bonchev–Trinajstić information content (AvgIpc) is 4.11. The topological polar surface area (TPSA) is 155 Å². The van der Waals surface area contributed by atoms with Crippen LogP contribution in [0.1, 0.15) is 104 Å². The minimum absolute atomic E-state index is 0.00666. The first-order chi connectivity index (χ1) is 35.6. The van der Waals surface area contributed by atoms with Crippen LogP contribution >= 0.6 is 0 Å². The molecule has 5 aliphatic rings. The van der Waals surface area contributed by atoms with E-state index in [1.807, 2.05) is 47.4 Å². The molecule has 3 amide bonds. The first-order valence-corrected chi connectivity index (χ1v) is 26.0. The third-order valence-corrected chi connectivity index (χ3v) is 16.4. The van der Waals surface area contributed by atoms with Gasteiger partial charge >= 0.3 is 5.69 Å². The van der Waals surface area contributed by atoms with E-state index in [1.165, 1.54) is 29.0 Å². The summed E-state index contributed by atoms with van der Waals surface area (Å²) in [7, 11) is 3.44. The van der Waals surface area contributed by atoms with Gasteiger partial charge in [-0.15, -0.1) is 0 Å². The van der Waals surface area contributed by atoms with E-state index in [-0.39, 0.29) is 52.8 Å². The van der Waals surface area contributed by atoms with Gasteiger partial charge in [0.15, 0.2) is 5.82 Å². The number of aryl methyl sites for hydroxylation is 1. The molecule has 0 spiro atoms. The minimum Gasteiger partial charge on any atom is -0.386 e. The standard InChI is InChI=1S/C55H62F3N11O5/c1-32-28-63(29-35-5-8-45-48(23-35)68(38-6-7-38)55(74)69(45)46-9-10-49(70)61-53(46)72)21-22-66(32)30-34-12-17-65(18-13-34)54(73)37-24-40(56)51(41(57)25-37)36-14-19-64(20-15-36)33(2)47-26-39-44(11-16-60-52(39)62(47)4)67-31-42(58)43(59-3)27-50(67)71/h5,8,11,14,16,23-27,31-34,38,46,59H,6-7,9-10,12-13,15,17-22,28-30H2,1-4H3,(H,61,70,72)/t32-,33-,46+/m0/s1. The Hall–Kier alpha value is -6.83. The lowest BCUT2D eigenvalue weighted by Gasteiger charge is -2.42. The highest BCUT2D eigenvalue weighted by molar-refractivity contribution is 6.00. The van der Waals surface area contributed by atoms with Gasteiger partial charge in [0.05, 0.1) is 28.6 Å². The van der Waals surface area contributed by atoms with E-state index in [2.05, 4.69) is 43.3 Å². The summed E-state index contributed by atoms with van der Waals surface area (Å²) >= 11 is 0. The van der Waals surface area contributed by atoms with Crippen molar-refractivity contribution in [1.29, 1.82) is 0 Å². The number of likely N-dealkylation sites (tertiary alicyclic amines) is 1. The predicted molar refractivity (Wildman–Crippen MR) is 276 cm³/mol. The molecule has 0 radical (unpaired) electrons. The maximum atomic E-state index is 15.9. The molecule has 1 saturated carbocycles. The van der Waals surface area contributed by atoms with Gasteiger partial charge < -0.3 is 14.8 Å². The Morgan fingerprint density at radius 2 is 1.64 bits per heavy atom. The van der Waals surface area contributed by atoms with Crippen molar-refractivity contribution in [2.45, 2.75) is 89.5 Å². The van der Waals surface area contributed by atoms with Crippen LogP contribution in [-0.4, -0.2) is 126 Å². The molecule has 4 aromatic heterocycles. The van der Waals surface area contributed by atoms with Crippen molar-refractivity contribution >= 4 is 51.0 Å². The van der Waals surface area contributed by atoms with Crippen LogP contribution in [-0.2, 0) is 23.2 Å². The quantitative estimate of drug-likeness (QED) is 0.130. The molecule has 11 rings (SSSR count). The molecule has 6 aromatic rings. The van der Waals surface area contributed by atoms with Crippen LogP contribution in [0.25, 0.3) is 33.3 Å². The predicted octanol–water partition coefficient (Wildman–Crippen LogP) is 6.52. The number of halogens is 3. The molecule has 19 heteroatoms. The van der Waals surface area contributed by atoms with E-state index in [4.69, 9.17) is 0 Å². The van der Waals surface area contributed by atoms with E-state index < -0.39 is 35.0 Å². The number of carbonyl (C=O) groups is 3. The van der Waals surface area contributed by atoms with E-state index in [1.54, 1.807) is 28.8 Å². The zero-order valence-corrected chi connectivity index (χ0v) is 42.3. The Labute approximate surface area is 426 Å². The van der Waals surface area contributed by atoms with Crippen molar-refractivity contribution < 1.29 is 27.6 Å². The zero-order valence-electron chi connectivity index (χ0n) is 42.3. The molecular formula is C55H62F3N11O5. The highest BCUT2D eigenvalue weighted by Gasteiger charge is 2.36. The average molecular weight is 1010 g/mol. The maximum Gasteiger partial charge on any atom is 0.330 e. The van der Waals surface area contributed by atoms with Crippen molar-refractivity contribution in [1.82, 2.24) is 48.2 Å². The summed E-state index contributed by atoms with van der Waals surface area (Å²) in [5.41, 5.74) is 4.67. The number of pyridine rings is 2. The number of anilines is 1. The van der Waals surface area contributed by atoms with Gasteiger partial charge in [-0.05, 0) is 106 Å². The lowest BCUT2D eigenvalue weighted by molar-refractivity contribution is -0.135. The van der Waals surface area contributed by atoms with E-state index >= 15 is 8.78 Å². The van der Waals surface area contributed by atoms with Gasteiger partial charge in [-0.3, -0.25) is 52.9 Å². The third-order valence-electron chi connectivity index (χ3n) is 16.4. The van der Waals surface area contributed by atoms with Crippen LogP contribution in [0.2, 0.25) is 0 Å². The number of carbonyl (C=O) groups excluding carboxylic acids is 3. The molecule has 74 heavy (non-hydrogen) atoms. The van der Waals surface area contributed by atoms with Crippen LogP contribution in [0.4, 0.5) is 18.9 Å². The van der Waals surface area contributed by atoms with Gasteiger partial charge in [0.25, 0.3) is 11.5 Å². The Morgan fingerprint density at radius 3 is 2.32 bits per heavy atom. The number of piperazine rings is 1. The van der Waals surface area contributed by atoms with Gasteiger partial charge in [-0.25, -0.2) is 22.9 Å². The normalized spacial score (nSPS) is 21.1. The maximum absolute atomic E-state index is 15.9. The summed E-state index contributed by atoms with van der Waals surface area (Å²) in [5, 5.41) is 5.78. The Kier molecular flexibility index (Phi) is 13.2. The van der Waals surface area contributed by atoms with Gasteiger partial charge in [-0.2, -0.15) is 0 Å². The molecule has 2 aromatic carbocycles. The second kappa shape index (κ2) is 19.8. The zero-order chi connectivity index (χ0) is 51.7. The van der Waals surface area contributed by atoms with Gasteiger partial charge in [0, 0.05) is 132 Å². The molecule has 4 aliphatic heterocycles. The largest absolute Gasteiger partial charge is 0.386 e. The number of nitrogens with zero attached hydrogens (tertiary/aromatic N) is 9. The van der Waals surface area contributed by atoms with Gasteiger partial charge in [0.1, 0.15) is 23.3 Å². The molecule has 388 valence electrons. The number of rotatable bonds is 12. The molecular weight excluding hydrogens is 952 g/mol. The van der Waals surface area contributed by atoms with E-state index in [0.29, 0.717) is 73.3 Å². The van der Waals surface area contributed by atoms with Crippen LogP contribution < -0.4 is 21.9 Å². The molecule has 0 unspecified atom stereocenters. The second-order valence-corrected chi connectivity index (χ2v) is 21.0. The van der Waals surface area contributed by atoms with E-state index in [9.17, 15) is 28.4 Å². The Bertz CT molecular complexity index is 3360. The summed E-state index contributed by atoms with van der Waals surface area (Å²) < 4.78 is 53.3. The lowest BCUT2D eigenvalue weighted by atomic mass is 9.93. The number of aromatic nitrogens is 5. The number of nitrogens with one attached hydrogen (secondary N) is 2. The molecule has 3 saturated heterocycles. The number of hydrogen-bond acceptors (Lipinski definition) is 10. The second-order valence-electron chi connectivity index (χ2n) is 21.0. The van der Waals surface area contributed by atoms with Crippen molar-refractivity contribution in [2.24, 2.45) is 13.0 Å². The van der Waals surface area contributed by atoms with Crippen molar-refractivity contribution in [2.75, 3.05) is 64.7 Å². The number of hydrogen-bond donors (Lipinski definition) is 2. The number of benzene rings is 2. The number of piperidine rings is 2. The summed E-state index contributed by atoms with van der Waals surface area (Å²) in [6, 6.07) is 12.9. The van der Waals surface area contributed by atoms with Crippen LogP contribution in [0, 0.1) is 23.4 Å². The summed E-state index contributed by atoms with van der Waals surface area (Å²) in [5.74, 6) is -2.80. The van der Waals surface area contributed by atoms with Gasteiger partial charge in [-0.1, -0.05) is 12.1 Å². The van der Waals surface area contributed by atoms with Crippen LogP contribution in [0.3, 0.4) is 0 Å². The molecule has 8 heterocycles. The molecule has 0 bridgehead atoms. The monoisotopic (exact) mass is 1010 g/mol. The van der Waals surface area contributed by atoms with Crippen LogP contribution in [0.15, 0.2) is 76.6 Å².